The predicted molar refractivity (Wildman–Crippen MR) is 83.9 cm³/mol. The molecule has 0 amide bonds. The molecular weight excluding hydrogens is 266 g/mol. The van der Waals surface area contributed by atoms with Gasteiger partial charge in [-0.3, -0.25) is 5.84 Å². The molecule has 0 saturated carbocycles. The molecule has 0 bridgehead atoms. The average molecular weight is 287 g/mol. The van der Waals surface area contributed by atoms with Crippen LogP contribution in [-0.4, -0.2) is 19.2 Å². The lowest BCUT2D eigenvalue weighted by molar-refractivity contribution is 0.397. The van der Waals surface area contributed by atoms with E-state index in [0.29, 0.717) is 5.75 Å². The molecule has 1 aromatic heterocycles. The third-order valence-electron chi connectivity index (χ3n) is 4.15. The molecule has 112 valence electrons. The summed E-state index contributed by atoms with van der Waals surface area (Å²) < 4.78 is 10.8. The Morgan fingerprint density at radius 1 is 1.10 bits per heavy atom. The van der Waals surface area contributed by atoms with Gasteiger partial charge in [0.25, 0.3) is 0 Å². The number of methoxy groups -OCH3 is 2. The van der Waals surface area contributed by atoms with Crippen molar-refractivity contribution in [1.29, 1.82) is 0 Å². The molecule has 0 fully saturated rings. The number of hydrazine groups is 1. The van der Waals surface area contributed by atoms with Crippen molar-refractivity contribution in [3.05, 3.63) is 23.4 Å². The quantitative estimate of drug-likeness (QED) is 0.516. The number of hydrogen-bond donors (Lipinski definition) is 2. The maximum absolute atomic E-state index is 5.81. The van der Waals surface area contributed by atoms with Gasteiger partial charge < -0.3 is 14.9 Å². The number of nitrogen functional groups attached to an aromatic ring is 1. The van der Waals surface area contributed by atoms with Gasteiger partial charge in [0.1, 0.15) is 17.0 Å². The fourth-order valence-corrected chi connectivity index (χ4v) is 3.08. The molecule has 21 heavy (non-hydrogen) atoms. The minimum atomic E-state index is 0.716. The van der Waals surface area contributed by atoms with Crippen molar-refractivity contribution in [2.45, 2.75) is 32.1 Å². The normalized spacial score (nSPS) is 14.4. The fourth-order valence-electron chi connectivity index (χ4n) is 3.08. The molecule has 1 aliphatic rings. The summed E-state index contributed by atoms with van der Waals surface area (Å²) in [5.41, 5.74) is 7.04. The van der Waals surface area contributed by atoms with E-state index in [-0.39, 0.29) is 0 Å². The van der Waals surface area contributed by atoms with Crippen LogP contribution in [0.4, 0.5) is 5.69 Å². The van der Waals surface area contributed by atoms with Gasteiger partial charge in [-0.15, -0.1) is 0 Å². The van der Waals surface area contributed by atoms with Crippen LogP contribution in [0.2, 0.25) is 0 Å². The summed E-state index contributed by atoms with van der Waals surface area (Å²) in [5.74, 6) is 7.27. The molecule has 2 aromatic rings. The second kappa shape index (κ2) is 5.77. The van der Waals surface area contributed by atoms with E-state index < -0.39 is 0 Å². The van der Waals surface area contributed by atoms with E-state index in [9.17, 15) is 0 Å². The first-order valence-corrected chi connectivity index (χ1v) is 7.32. The number of aromatic nitrogens is 1. The molecular formula is C16H21N3O2. The molecule has 5 heteroatoms. The molecule has 0 saturated heterocycles. The number of hydrogen-bond acceptors (Lipinski definition) is 5. The third-order valence-corrected chi connectivity index (χ3v) is 4.15. The molecule has 0 radical (unpaired) electrons. The second-order valence-corrected chi connectivity index (χ2v) is 5.34. The van der Waals surface area contributed by atoms with E-state index in [1.165, 1.54) is 24.8 Å². The van der Waals surface area contributed by atoms with Crippen molar-refractivity contribution < 1.29 is 9.47 Å². The van der Waals surface area contributed by atoms with Crippen LogP contribution in [0.5, 0.6) is 11.5 Å². The molecule has 3 rings (SSSR count). The van der Waals surface area contributed by atoms with Gasteiger partial charge in [0.15, 0.2) is 0 Å². The number of aryl methyl sites for hydroxylation is 1. The van der Waals surface area contributed by atoms with E-state index in [1.807, 2.05) is 12.1 Å². The van der Waals surface area contributed by atoms with Crippen molar-refractivity contribution in [3.8, 4) is 11.5 Å². The average Bonchev–Trinajstić information content (AvgIpc) is 2.76. The second-order valence-electron chi connectivity index (χ2n) is 5.34. The Morgan fingerprint density at radius 3 is 2.62 bits per heavy atom. The number of fused-ring (bicyclic) bond motifs is 2. The Hall–Kier alpha value is -2.01. The highest BCUT2D eigenvalue weighted by Gasteiger charge is 2.19. The molecule has 0 unspecified atom stereocenters. The molecule has 0 atom stereocenters. The first-order chi connectivity index (χ1) is 10.3. The van der Waals surface area contributed by atoms with Crippen LogP contribution in [0.3, 0.4) is 0 Å². The summed E-state index contributed by atoms with van der Waals surface area (Å²) in [6.45, 7) is 0. The summed E-state index contributed by atoms with van der Waals surface area (Å²) in [7, 11) is 3.30. The van der Waals surface area contributed by atoms with Crippen LogP contribution in [0.15, 0.2) is 12.1 Å². The molecule has 5 nitrogen and oxygen atoms in total. The van der Waals surface area contributed by atoms with E-state index in [0.717, 1.165) is 40.9 Å². The lowest BCUT2D eigenvalue weighted by Gasteiger charge is -2.17. The van der Waals surface area contributed by atoms with Gasteiger partial charge in [-0.25, -0.2) is 4.98 Å². The topological polar surface area (TPSA) is 69.4 Å². The van der Waals surface area contributed by atoms with Gasteiger partial charge in [-0.2, -0.15) is 0 Å². The monoisotopic (exact) mass is 287 g/mol. The van der Waals surface area contributed by atoms with E-state index in [4.69, 9.17) is 20.3 Å². The lowest BCUT2D eigenvalue weighted by Crippen LogP contribution is -2.12. The van der Waals surface area contributed by atoms with E-state index >= 15 is 0 Å². The van der Waals surface area contributed by atoms with Crippen LogP contribution >= 0.6 is 0 Å². The SMILES string of the molecule is COc1cc(OC)c2nc3c(c(NN)c2c1)CCCCC3. The van der Waals surface area contributed by atoms with Crippen molar-refractivity contribution in [2.24, 2.45) is 5.84 Å². The fraction of sp³-hybridized carbons (Fsp3) is 0.438. The highest BCUT2D eigenvalue weighted by Crippen LogP contribution is 2.38. The molecule has 0 spiro atoms. The zero-order chi connectivity index (χ0) is 14.8. The molecule has 0 aliphatic heterocycles. The number of benzene rings is 1. The Bertz CT molecular complexity index is 670. The Kier molecular flexibility index (Phi) is 3.84. The summed E-state index contributed by atoms with van der Waals surface area (Å²) in [6, 6.07) is 3.82. The maximum atomic E-state index is 5.81. The third kappa shape index (κ3) is 2.38. The van der Waals surface area contributed by atoms with Gasteiger partial charge in [0, 0.05) is 17.1 Å². The number of rotatable bonds is 3. The van der Waals surface area contributed by atoms with Gasteiger partial charge in [-0.1, -0.05) is 6.42 Å². The summed E-state index contributed by atoms with van der Waals surface area (Å²) in [5, 5.41) is 0.953. The number of ether oxygens (including phenoxy) is 2. The van der Waals surface area contributed by atoms with E-state index in [1.54, 1.807) is 14.2 Å². The number of nitrogens with one attached hydrogen (secondary N) is 1. The summed E-state index contributed by atoms with van der Waals surface area (Å²) in [4.78, 5) is 4.85. The highest BCUT2D eigenvalue weighted by atomic mass is 16.5. The van der Waals surface area contributed by atoms with Crippen LogP contribution in [0.25, 0.3) is 10.9 Å². The standard InChI is InChI=1S/C16H21N3O2/c1-20-10-8-12-15(19-17)11-6-4-3-5-7-13(11)18-16(12)14(9-10)21-2/h8-9H,3-7,17H2,1-2H3,(H,18,19). The predicted octanol–water partition coefficient (Wildman–Crippen LogP) is 2.81. The number of nitrogens with zero attached hydrogens (tertiary/aromatic N) is 1. The smallest absolute Gasteiger partial charge is 0.148 e. The Balaban J connectivity index is 2.34. The van der Waals surface area contributed by atoms with Crippen molar-refractivity contribution in [3.63, 3.8) is 0 Å². The summed E-state index contributed by atoms with van der Waals surface area (Å²) in [6.07, 6.45) is 5.59. The minimum Gasteiger partial charge on any atom is -0.497 e. The van der Waals surface area contributed by atoms with Gasteiger partial charge in [0.2, 0.25) is 0 Å². The van der Waals surface area contributed by atoms with Gasteiger partial charge in [-0.05, 0) is 37.3 Å². The molecule has 1 aliphatic carbocycles. The van der Waals surface area contributed by atoms with Gasteiger partial charge in [0.05, 0.1) is 19.9 Å². The first-order valence-electron chi connectivity index (χ1n) is 7.32. The van der Waals surface area contributed by atoms with Gasteiger partial charge >= 0.3 is 0 Å². The van der Waals surface area contributed by atoms with Crippen LogP contribution in [-0.2, 0) is 12.8 Å². The van der Waals surface area contributed by atoms with Crippen molar-refractivity contribution in [2.75, 3.05) is 19.6 Å². The molecule has 1 aromatic carbocycles. The zero-order valence-corrected chi connectivity index (χ0v) is 12.5. The zero-order valence-electron chi connectivity index (χ0n) is 12.5. The van der Waals surface area contributed by atoms with Crippen molar-refractivity contribution >= 4 is 16.6 Å². The number of nitrogens with two attached hydrogens (primary N) is 1. The molecule has 1 heterocycles. The number of anilines is 1. The molecule has 3 N–H and O–H groups in total. The van der Waals surface area contributed by atoms with Crippen LogP contribution in [0.1, 0.15) is 30.5 Å². The van der Waals surface area contributed by atoms with Crippen molar-refractivity contribution in [1.82, 2.24) is 4.98 Å². The van der Waals surface area contributed by atoms with Crippen LogP contribution in [0, 0.1) is 0 Å². The highest BCUT2D eigenvalue weighted by molar-refractivity contribution is 5.97. The first kappa shape index (κ1) is 13.9. The lowest BCUT2D eigenvalue weighted by atomic mass is 10.0. The van der Waals surface area contributed by atoms with Crippen LogP contribution < -0.4 is 20.7 Å². The van der Waals surface area contributed by atoms with E-state index in [2.05, 4.69) is 5.43 Å². The largest absolute Gasteiger partial charge is 0.497 e. The number of pyridine rings is 1. The Labute approximate surface area is 124 Å². The summed E-state index contributed by atoms with van der Waals surface area (Å²) >= 11 is 0. The Morgan fingerprint density at radius 2 is 1.90 bits per heavy atom. The minimum absolute atomic E-state index is 0.716. The maximum Gasteiger partial charge on any atom is 0.148 e.